The number of carbonyl (C=O) groups is 1. The summed E-state index contributed by atoms with van der Waals surface area (Å²) >= 11 is 0. The van der Waals surface area contributed by atoms with Crippen molar-refractivity contribution in [1.82, 2.24) is 30.0 Å². The standard InChI is InChI=1S/C29H32F3N7O2/c1-16(2)20-12-13-33-22(14-20)27-37-25-23(39(27)15-18-8-10-21(11-9-18)29(30,31)32)24(34-17(3)19-6-5-7-19)35-26(36-25)28(40)38-41-4/h8-14,16-17,19H,5-7,15H2,1-4H3,(H,38,40)(H,34,35,36). The lowest BCUT2D eigenvalue weighted by atomic mass is 9.80. The van der Waals surface area contributed by atoms with Crippen molar-refractivity contribution >= 4 is 22.9 Å². The number of imidazole rings is 1. The van der Waals surface area contributed by atoms with Crippen LogP contribution < -0.4 is 10.8 Å². The van der Waals surface area contributed by atoms with Gasteiger partial charge in [-0.3, -0.25) is 14.6 Å². The minimum absolute atomic E-state index is 0.0560. The molecular weight excluding hydrogens is 535 g/mol. The summed E-state index contributed by atoms with van der Waals surface area (Å²) in [5, 5.41) is 3.47. The predicted octanol–water partition coefficient (Wildman–Crippen LogP) is 5.97. The Morgan fingerprint density at radius 2 is 1.83 bits per heavy atom. The Morgan fingerprint density at radius 1 is 1.10 bits per heavy atom. The van der Waals surface area contributed by atoms with Crippen molar-refractivity contribution in [2.75, 3.05) is 12.4 Å². The van der Waals surface area contributed by atoms with E-state index in [1.54, 1.807) is 6.20 Å². The van der Waals surface area contributed by atoms with Crippen LogP contribution in [0.1, 0.15) is 73.3 Å². The molecule has 9 nitrogen and oxygen atoms in total. The Kier molecular flexibility index (Phi) is 7.94. The maximum atomic E-state index is 13.2. The molecular formula is C29H32F3N7O2. The van der Waals surface area contributed by atoms with Crippen LogP contribution >= 0.6 is 0 Å². The van der Waals surface area contributed by atoms with Crippen LogP contribution in [-0.2, 0) is 17.6 Å². The quantitative estimate of drug-likeness (QED) is 0.240. The zero-order chi connectivity index (χ0) is 29.3. The van der Waals surface area contributed by atoms with E-state index in [2.05, 4.69) is 46.5 Å². The van der Waals surface area contributed by atoms with Crippen LogP contribution in [0.2, 0.25) is 0 Å². The number of aromatic nitrogens is 5. The molecule has 1 amide bonds. The number of hydroxylamine groups is 1. The molecule has 1 atom stereocenters. The first-order valence-electron chi connectivity index (χ1n) is 13.6. The summed E-state index contributed by atoms with van der Waals surface area (Å²) in [5.41, 5.74) is 4.55. The number of hydrogen-bond donors (Lipinski definition) is 2. The van der Waals surface area contributed by atoms with Crippen molar-refractivity contribution in [2.45, 2.75) is 64.7 Å². The molecule has 2 N–H and O–H groups in total. The van der Waals surface area contributed by atoms with E-state index in [4.69, 9.17) is 9.82 Å². The molecule has 0 spiro atoms. The summed E-state index contributed by atoms with van der Waals surface area (Å²) in [5.74, 6) is 0.784. The van der Waals surface area contributed by atoms with E-state index in [0.717, 1.165) is 37.0 Å². The molecule has 5 rings (SSSR count). The molecule has 3 heterocycles. The van der Waals surface area contributed by atoms with Gasteiger partial charge < -0.3 is 9.88 Å². The summed E-state index contributed by atoms with van der Waals surface area (Å²) in [6.45, 7) is 6.38. The van der Waals surface area contributed by atoms with Gasteiger partial charge in [-0.25, -0.2) is 20.4 Å². The third-order valence-electron chi connectivity index (χ3n) is 7.52. The lowest BCUT2D eigenvalue weighted by Gasteiger charge is -2.32. The molecule has 1 aliphatic carbocycles. The van der Waals surface area contributed by atoms with Crippen molar-refractivity contribution in [2.24, 2.45) is 5.92 Å². The molecule has 1 saturated carbocycles. The van der Waals surface area contributed by atoms with Gasteiger partial charge in [0.1, 0.15) is 11.2 Å². The number of alkyl halides is 3. The largest absolute Gasteiger partial charge is 0.416 e. The number of carbonyl (C=O) groups excluding carboxylic acids is 1. The number of anilines is 1. The molecule has 216 valence electrons. The van der Waals surface area contributed by atoms with Gasteiger partial charge in [0.2, 0.25) is 5.82 Å². The van der Waals surface area contributed by atoms with Crippen LogP contribution in [0.25, 0.3) is 22.7 Å². The van der Waals surface area contributed by atoms with E-state index < -0.39 is 17.6 Å². The summed E-state index contributed by atoms with van der Waals surface area (Å²) in [4.78, 5) is 35.8. The fourth-order valence-corrected chi connectivity index (χ4v) is 4.91. The fraction of sp³-hybridized carbons (Fsp3) is 0.414. The zero-order valence-corrected chi connectivity index (χ0v) is 23.3. The molecule has 4 aromatic rings. The summed E-state index contributed by atoms with van der Waals surface area (Å²) in [6, 6.07) is 8.94. The van der Waals surface area contributed by atoms with Gasteiger partial charge in [0.15, 0.2) is 17.3 Å². The second kappa shape index (κ2) is 11.4. The van der Waals surface area contributed by atoms with Crippen LogP contribution in [0.4, 0.5) is 19.0 Å². The van der Waals surface area contributed by atoms with Crippen LogP contribution in [-0.4, -0.2) is 43.6 Å². The SMILES string of the molecule is CONC(=O)c1nc(NC(C)C2CCC2)c2c(n1)nc(-c1cc(C(C)C)ccn1)n2Cc1ccc(C(F)(F)F)cc1. The number of rotatable bonds is 9. The topological polar surface area (TPSA) is 107 Å². The van der Waals surface area contributed by atoms with Gasteiger partial charge in [-0.15, -0.1) is 0 Å². The molecule has 12 heteroatoms. The molecule has 0 aliphatic heterocycles. The van der Waals surface area contributed by atoms with Gasteiger partial charge in [-0.1, -0.05) is 32.4 Å². The maximum Gasteiger partial charge on any atom is 0.416 e. The molecule has 1 aromatic carbocycles. The molecule has 1 aliphatic rings. The van der Waals surface area contributed by atoms with Crippen molar-refractivity contribution < 1.29 is 22.8 Å². The number of amides is 1. The van der Waals surface area contributed by atoms with Gasteiger partial charge in [-0.2, -0.15) is 13.2 Å². The second-order valence-electron chi connectivity index (χ2n) is 10.7. The molecule has 0 radical (unpaired) electrons. The highest BCUT2D eigenvalue weighted by molar-refractivity contribution is 5.95. The lowest BCUT2D eigenvalue weighted by molar-refractivity contribution is -0.137. The van der Waals surface area contributed by atoms with Crippen molar-refractivity contribution in [3.8, 4) is 11.5 Å². The summed E-state index contributed by atoms with van der Waals surface area (Å²) in [7, 11) is 1.32. The maximum absolute atomic E-state index is 13.2. The Balaban J connectivity index is 1.70. The molecule has 0 bridgehead atoms. The van der Waals surface area contributed by atoms with Crippen molar-refractivity contribution in [3.05, 3.63) is 65.1 Å². The number of nitrogens with zero attached hydrogens (tertiary/aromatic N) is 5. The molecule has 1 unspecified atom stereocenters. The number of fused-ring (bicyclic) bond motifs is 1. The van der Waals surface area contributed by atoms with Gasteiger partial charge >= 0.3 is 12.1 Å². The Bertz CT molecular complexity index is 1550. The van der Waals surface area contributed by atoms with E-state index in [-0.39, 0.29) is 30.0 Å². The highest BCUT2D eigenvalue weighted by atomic mass is 19.4. The molecule has 1 fully saturated rings. The predicted molar refractivity (Wildman–Crippen MR) is 148 cm³/mol. The first-order valence-corrected chi connectivity index (χ1v) is 13.6. The Hall–Kier alpha value is -4.06. The van der Waals surface area contributed by atoms with Gasteiger partial charge in [-0.05, 0) is 67.0 Å². The third-order valence-corrected chi connectivity index (χ3v) is 7.52. The van der Waals surface area contributed by atoms with Crippen LogP contribution in [0.5, 0.6) is 0 Å². The fourth-order valence-electron chi connectivity index (χ4n) is 4.91. The normalized spacial score (nSPS) is 14.7. The Morgan fingerprint density at radius 3 is 2.44 bits per heavy atom. The minimum Gasteiger partial charge on any atom is -0.365 e. The smallest absolute Gasteiger partial charge is 0.365 e. The monoisotopic (exact) mass is 567 g/mol. The lowest BCUT2D eigenvalue weighted by Crippen LogP contribution is -2.32. The van der Waals surface area contributed by atoms with Gasteiger partial charge in [0.05, 0.1) is 12.7 Å². The summed E-state index contributed by atoms with van der Waals surface area (Å²) < 4.78 is 41.6. The van der Waals surface area contributed by atoms with Crippen molar-refractivity contribution in [3.63, 3.8) is 0 Å². The number of pyridine rings is 1. The highest BCUT2D eigenvalue weighted by Crippen LogP contribution is 2.34. The molecule has 3 aromatic heterocycles. The first-order chi connectivity index (χ1) is 19.5. The van der Waals surface area contributed by atoms with E-state index in [0.29, 0.717) is 34.3 Å². The van der Waals surface area contributed by atoms with Crippen LogP contribution in [0, 0.1) is 5.92 Å². The number of halogens is 3. The zero-order valence-electron chi connectivity index (χ0n) is 23.3. The van der Waals surface area contributed by atoms with E-state index in [1.807, 2.05) is 16.7 Å². The van der Waals surface area contributed by atoms with E-state index >= 15 is 0 Å². The van der Waals surface area contributed by atoms with E-state index in [9.17, 15) is 18.0 Å². The minimum atomic E-state index is -4.44. The van der Waals surface area contributed by atoms with Crippen molar-refractivity contribution in [1.29, 1.82) is 0 Å². The molecule has 41 heavy (non-hydrogen) atoms. The number of hydrogen-bond acceptors (Lipinski definition) is 7. The number of benzene rings is 1. The molecule has 0 saturated heterocycles. The third kappa shape index (κ3) is 6.02. The second-order valence-corrected chi connectivity index (χ2v) is 10.7. The van der Waals surface area contributed by atoms with Crippen LogP contribution in [0.15, 0.2) is 42.6 Å². The highest BCUT2D eigenvalue weighted by Gasteiger charge is 2.31. The average Bonchev–Trinajstić information content (AvgIpc) is 3.26. The van der Waals surface area contributed by atoms with Gasteiger partial charge in [0.25, 0.3) is 0 Å². The van der Waals surface area contributed by atoms with Gasteiger partial charge in [0, 0.05) is 18.8 Å². The first kappa shape index (κ1) is 28.5. The van der Waals surface area contributed by atoms with Crippen LogP contribution in [0.3, 0.4) is 0 Å². The Labute approximate surface area is 235 Å². The summed E-state index contributed by atoms with van der Waals surface area (Å²) in [6.07, 6.45) is 0.593. The van der Waals surface area contributed by atoms with E-state index in [1.165, 1.54) is 19.2 Å². The average molecular weight is 568 g/mol. The number of nitrogens with one attached hydrogen (secondary N) is 2.